The van der Waals surface area contributed by atoms with E-state index >= 15 is 0 Å². The van der Waals surface area contributed by atoms with Gasteiger partial charge in [-0.1, -0.05) is 28.3 Å². The first-order chi connectivity index (χ1) is 10.6. The molecule has 2 heterocycles. The molecule has 0 radical (unpaired) electrons. The van der Waals surface area contributed by atoms with Crippen molar-refractivity contribution in [2.75, 3.05) is 10.6 Å². The topological polar surface area (TPSA) is 80.0 Å². The van der Waals surface area contributed by atoms with Crippen molar-refractivity contribution in [2.45, 2.75) is 0 Å². The fourth-order valence-electron chi connectivity index (χ4n) is 1.61. The number of carbonyl (C=O) groups excluding carboxylic acids is 1. The predicted molar refractivity (Wildman–Crippen MR) is 86.7 cm³/mol. The molecule has 0 unspecified atom stereocenters. The lowest BCUT2D eigenvalue weighted by Gasteiger charge is -2.05. The fraction of sp³-hybridized carbons (Fsp3) is 0. The van der Waals surface area contributed by atoms with E-state index in [0.29, 0.717) is 21.6 Å². The van der Waals surface area contributed by atoms with Gasteiger partial charge in [-0.15, -0.1) is 5.10 Å². The zero-order valence-corrected chi connectivity index (χ0v) is 13.2. The minimum atomic E-state index is -0.529. The van der Waals surface area contributed by atoms with Gasteiger partial charge >= 0.3 is 12.0 Å². The van der Waals surface area contributed by atoms with Crippen molar-refractivity contribution in [1.29, 1.82) is 0 Å². The molecule has 112 valence electrons. The van der Waals surface area contributed by atoms with Gasteiger partial charge < -0.3 is 9.73 Å². The average Bonchev–Trinajstić information content (AvgIpc) is 3.13. The number of hydrogen-bond acceptors (Lipinski definition) is 5. The number of amides is 2. The standard InChI is InChI=1S/C13H8Cl2N4O2S/c14-9-2-1-8(5-10(9)15)16-12(20)17-13-19-18-11(21-13)7-3-4-22-6-7/h1-6H,(H2,16,17,19,20). The highest BCUT2D eigenvalue weighted by Crippen LogP contribution is 2.25. The van der Waals surface area contributed by atoms with Gasteiger partial charge in [-0.2, -0.15) is 11.3 Å². The summed E-state index contributed by atoms with van der Waals surface area (Å²) in [6.07, 6.45) is 0. The van der Waals surface area contributed by atoms with Gasteiger partial charge in [0.25, 0.3) is 5.89 Å². The number of benzene rings is 1. The molecule has 6 nitrogen and oxygen atoms in total. The van der Waals surface area contributed by atoms with E-state index in [9.17, 15) is 4.79 Å². The molecule has 2 amide bonds. The van der Waals surface area contributed by atoms with E-state index in [1.807, 2.05) is 16.8 Å². The van der Waals surface area contributed by atoms with E-state index in [1.54, 1.807) is 12.1 Å². The number of halogens is 2. The summed E-state index contributed by atoms with van der Waals surface area (Å²) in [6.45, 7) is 0. The third-order valence-corrected chi connectivity index (χ3v) is 4.01. The van der Waals surface area contributed by atoms with Gasteiger partial charge in [0.2, 0.25) is 0 Å². The summed E-state index contributed by atoms with van der Waals surface area (Å²) in [5, 5.41) is 17.1. The zero-order valence-electron chi connectivity index (χ0n) is 10.8. The van der Waals surface area contributed by atoms with Gasteiger partial charge in [-0.05, 0) is 29.6 Å². The molecule has 1 aromatic carbocycles. The Bertz CT molecular complexity index is 804. The van der Waals surface area contributed by atoms with Crippen LogP contribution in [0.3, 0.4) is 0 Å². The average molecular weight is 355 g/mol. The molecule has 22 heavy (non-hydrogen) atoms. The van der Waals surface area contributed by atoms with Crippen molar-refractivity contribution in [3.63, 3.8) is 0 Å². The Morgan fingerprint density at radius 1 is 1.14 bits per heavy atom. The molecule has 0 fully saturated rings. The second kappa shape index (κ2) is 6.35. The fourth-order valence-corrected chi connectivity index (χ4v) is 2.54. The van der Waals surface area contributed by atoms with Crippen LogP contribution in [0, 0.1) is 0 Å². The van der Waals surface area contributed by atoms with E-state index in [1.165, 1.54) is 17.4 Å². The van der Waals surface area contributed by atoms with Gasteiger partial charge in [0.15, 0.2) is 0 Å². The van der Waals surface area contributed by atoms with Gasteiger partial charge in [-0.25, -0.2) is 4.79 Å². The molecule has 0 aliphatic carbocycles. The largest absolute Gasteiger partial charge is 0.403 e. The first-order valence-electron chi connectivity index (χ1n) is 6.01. The zero-order chi connectivity index (χ0) is 15.5. The number of nitrogens with one attached hydrogen (secondary N) is 2. The van der Waals surface area contributed by atoms with E-state index < -0.39 is 6.03 Å². The highest BCUT2D eigenvalue weighted by molar-refractivity contribution is 7.08. The summed E-state index contributed by atoms with van der Waals surface area (Å²) in [7, 11) is 0. The van der Waals surface area contributed by atoms with Crippen LogP contribution in [-0.4, -0.2) is 16.2 Å². The molecule has 0 saturated heterocycles. The Morgan fingerprint density at radius 2 is 2.00 bits per heavy atom. The smallest absolute Gasteiger partial charge is 0.327 e. The maximum absolute atomic E-state index is 11.8. The number of aromatic nitrogens is 2. The van der Waals surface area contributed by atoms with Gasteiger partial charge in [-0.3, -0.25) is 5.32 Å². The van der Waals surface area contributed by atoms with Gasteiger partial charge in [0.05, 0.1) is 10.0 Å². The summed E-state index contributed by atoms with van der Waals surface area (Å²) in [6, 6.07) is 6.06. The van der Waals surface area contributed by atoms with Crippen molar-refractivity contribution in [3.8, 4) is 11.5 Å². The number of urea groups is 1. The van der Waals surface area contributed by atoms with Crippen molar-refractivity contribution in [3.05, 3.63) is 45.1 Å². The lowest BCUT2D eigenvalue weighted by atomic mass is 10.3. The molecular weight excluding hydrogens is 347 g/mol. The van der Waals surface area contributed by atoms with Crippen LogP contribution in [0.15, 0.2) is 39.4 Å². The minimum Gasteiger partial charge on any atom is -0.403 e. The summed E-state index contributed by atoms with van der Waals surface area (Å²) < 4.78 is 5.34. The number of carbonyl (C=O) groups is 1. The second-order valence-electron chi connectivity index (χ2n) is 4.13. The monoisotopic (exact) mass is 354 g/mol. The highest BCUT2D eigenvalue weighted by Gasteiger charge is 2.12. The maximum atomic E-state index is 11.8. The van der Waals surface area contributed by atoms with Crippen LogP contribution in [-0.2, 0) is 0 Å². The molecule has 3 aromatic rings. The van der Waals surface area contributed by atoms with Crippen LogP contribution in [0.2, 0.25) is 10.0 Å². The third-order valence-electron chi connectivity index (χ3n) is 2.59. The van der Waals surface area contributed by atoms with Crippen LogP contribution in [0.4, 0.5) is 16.5 Å². The van der Waals surface area contributed by atoms with E-state index in [-0.39, 0.29) is 6.01 Å². The summed E-state index contributed by atoms with van der Waals surface area (Å²) >= 11 is 13.2. The van der Waals surface area contributed by atoms with E-state index in [0.717, 1.165) is 5.56 Å². The molecule has 0 saturated carbocycles. The first kappa shape index (κ1) is 14.8. The van der Waals surface area contributed by atoms with Crippen molar-refractivity contribution in [1.82, 2.24) is 10.2 Å². The molecule has 0 bridgehead atoms. The van der Waals surface area contributed by atoms with Gasteiger partial charge in [0, 0.05) is 16.6 Å². The molecule has 0 aliphatic rings. The normalized spacial score (nSPS) is 10.5. The predicted octanol–water partition coefficient (Wildman–Crippen LogP) is 4.75. The quantitative estimate of drug-likeness (QED) is 0.711. The molecule has 0 spiro atoms. The Kier molecular flexibility index (Phi) is 4.28. The maximum Gasteiger partial charge on any atom is 0.327 e. The Balaban J connectivity index is 1.65. The minimum absolute atomic E-state index is 0.00115. The SMILES string of the molecule is O=C(Nc1ccc(Cl)c(Cl)c1)Nc1nnc(-c2ccsc2)o1. The summed E-state index contributed by atoms with van der Waals surface area (Å²) in [5.74, 6) is 0.339. The van der Waals surface area contributed by atoms with E-state index in [4.69, 9.17) is 27.6 Å². The molecule has 0 aliphatic heterocycles. The molecule has 3 rings (SSSR count). The Hall–Kier alpha value is -2.09. The molecule has 0 atom stereocenters. The first-order valence-corrected chi connectivity index (χ1v) is 7.71. The van der Waals surface area contributed by atoms with Crippen molar-refractivity contribution < 1.29 is 9.21 Å². The number of hydrogen-bond donors (Lipinski definition) is 2. The number of thiophene rings is 1. The highest BCUT2D eigenvalue weighted by atomic mass is 35.5. The third kappa shape index (κ3) is 3.38. The molecule has 2 N–H and O–H groups in total. The van der Waals surface area contributed by atoms with Crippen LogP contribution in [0.1, 0.15) is 0 Å². The van der Waals surface area contributed by atoms with Crippen LogP contribution in [0.25, 0.3) is 11.5 Å². The summed E-state index contributed by atoms with van der Waals surface area (Å²) in [5.41, 5.74) is 1.29. The second-order valence-corrected chi connectivity index (χ2v) is 5.73. The lowest BCUT2D eigenvalue weighted by Crippen LogP contribution is -2.19. The Labute approximate surface area is 139 Å². The van der Waals surface area contributed by atoms with E-state index in [2.05, 4.69) is 20.8 Å². The number of anilines is 2. The van der Waals surface area contributed by atoms with Crippen LogP contribution < -0.4 is 10.6 Å². The molecule has 9 heteroatoms. The van der Waals surface area contributed by atoms with Gasteiger partial charge in [0.1, 0.15) is 0 Å². The lowest BCUT2D eigenvalue weighted by molar-refractivity contribution is 0.261. The number of nitrogens with zero attached hydrogens (tertiary/aromatic N) is 2. The van der Waals surface area contributed by atoms with Crippen molar-refractivity contribution in [2.24, 2.45) is 0 Å². The van der Waals surface area contributed by atoms with Crippen LogP contribution in [0.5, 0.6) is 0 Å². The Morgan fingerprint density at radius 3 is 2.73 bits per heavy atom. The van der Waals surface area contributed by atoms with Crippen molar-refractivity contribution >= 4 is 52.3 Å². The van der Waals surface area contributed by atoms with Crippen LogP contribution >= 0.6 is 34.5 Å². The summed E-state index contributed by atoms with van der Waals surface area (Å²) in [4.78, 5) is 11.8. The molecular formula is C13H8Cl2N4O2S. The molecule has 2 aromatic heterocycles. The number of rotatable bonds is 3.